The van der Waals surface area contributed by atoms with Crippen LogP contribution in [0.1, 0.15) is 10.4 Å². The van der Waals surface area contributed by atoms with Crippen molar-refractivity contribution in [2.75, 3.05) is 5.75 Å². The number of nitrogens with one attached hydrogen (secondary N) is 1. The standard InChI is InChI=1S/C11H7F6I2NO4S/c12-10(13,14)9(11(15,16)17,4-25(22,23)24)20-8(21)6-3-5(18)1-2-7(6)19/h1-3H,4H2,(H,20,21)(H,22,23,24)/p-1. The molecular formula is C11H6F6I2NO4S-. The van der Waals surface area contributed by atoms with Crippen LogP contribution in [0, 0.1) is 7.14 Å². The van der Waals surface area contributed by atoms with Gasteiger partial charge in [-0.1, -0.05) is 0 Å². The van der Waals surface area contributed by atoms with Gasteiger partial charge in [-0.3, -0.25) is 4.79 Å². The minimum atomic E-state index is -6.29. The van der Waals surface area contributed by atoms with Gasteiger partial charge in [0.2, 0.25) is 5.54 Å². The molecule has 142 valence electrons. The first kappa shape index (κ1) is 22.7. The van der Waals surface area contributed by atoms with Crippen molar-refractivity contribution in [2.45, 2.75) is 17.9 Å². The predicted octanol–water partition coefficient (Wildman–Crippen LogP) is 3.03. The molecular weight excluding hydrogens is 610 g/mol. The molecule has 0 bridgehead atoms. The zero-order chi connectivity index (χ0) is 19.8. The highest BCUT2D eigenvalue weighted by Gasteiger charge is 2.72. The van der Waals surface area contributed by atoms with Crippen LogP contribution in [0.25, 0.3) is 0 Å². The van der Waals surface area contributed by atoms with E-state index in [9.17, 15) is 44.1 Å². The summed E-state index contributed by atoms with van der Waals surface area (Å²) >= 11 is 3.18. The van der Waals surface area contributed by atoms with Gasteiger partial charge in [0.15, 0.2) is 0 Å². The van der Waals surface area contributed by atoms with Crippen LogP contribution in [0.4, 0.5) is 26.3 Å². The third-order valence-electron chi connectivity index (χ3n) is 2.86. The molecule has 0 aromatic heterocycles. The maximum atomic E-state index is 13.1. The maximum Gasteiger partial charge on any atom is 0.421 e. The van der Waals surface area contributed by atoms with Crippen LogP contribution in [0.3, 0.4) is 0 Å². The Morgan fingerprint density at radius 3 is 1.96 bits per heavy atom. The SMILES string of the molecule is O=C(NC(CS(=O)(=O)[O-])(C(F)(F)F)C(F)(F)F)c1cc(I)ccc1I. The molecule has 0 aliphatic carbocycles. The van der Waals surface area contributed by atoms with E-state index < -0.39 is 45.2 Å². The smallest absolute Gasteiger partial charge is 0.421 e. The van der Waals surface area contributed by atoms with Gasteiger partial charge in [-0.05, 0) is 63.4 Å². The Hall–Kier alpha value is -0.360. The lowest BCUT2D eigenvalue weighted by Gasteiger charge is -2.38. The lowest BCUT2D eigenvalue weighted by atomic mass is 9.99. The van der Waals surface area contributed by atoms with Crippen molar-refractivity contribution in [3.63, 3.8) is 0 Å². The fourth-order valence-electron chi connectivity index (χ4n) is 1.70. The fraction of sp³-hybridized carbons (Fsp3) is 0.364. The Kier molecular flexibility index (Phi) is 6.66. The van der Waals surface area contributed by atoms with E-state index in [1.807, 2.05) is 0 Å². The molecule has 0 radical (unpaired) electrons. The van der Waals surface area contributed by atoms with Crippen LogP contribution in [-0.2, 0) is 10.1 Å². The quantitative estimate of drug-likeness (QED) is 0.321. The molecule has 14 heteroatoms. The summed E-state index contributed by atoms with van der Waals surface area (Å²) in [5, 5.41) is 0.675. The van der Waals surface area contributed by atoms with Crippen molar-refractivity contribution in [3.05, 3.63) is 30.9 Å². The molecule has 1 aromatic carbocycles. The summed E-state index contributed by atoms with van der Waals surface area (Å²) in [4.78, 5) is 12.0. The summed E-state index contributed by atoms with van der Waals surface area (Å²) in [6.45, 7) is 0. The summed E-state index contributed by atoms with van der Waals surface area (Å²) in [6, 6.07) is 3.73. The van der Waals surface area contributed by atoms with Gasteiger partial charge >= 0.3 is 12.4 Å². The van der Waals surface area contributed by atoms with Gasteiger partial charge in [0.1, 0.15) is 0 Å². The molecule has 1 aromatic rings. The topological polar surface area (TPSA) is 86.3 Å². The van der Waals surface area contributed by atoms with Gasteiger partial charge in [0.05, 0.1) is 21.4 Å². The van der Waals surface area contributed by atoms with E-state index >= 15 is 0 Å². The lowest BCUT2D eigenvalue weighted by molar-refractivity contribution is -0.296. The van der Waals surface area contributed by atoms with Crippen molar-refractivity contribution in [2.24, 2.45) is 0 Å². The van der Waals surface area contributed by atoms with Gasteiger partial charge in [-0.15, -0.1) is 0 Å². The largest absolute Gasteiger partial charge is 0.748 e. The molecule has 1 N–H and O–H groups in total. The van der Waals surface area contributed by atoms with E-state index in [0.29, 0.717) is 8.89 Å². The molecule has 25 heavy (non-hydrogen) atoms. The number of halogens is 8. The molecule has 0 aliphatic rings. The number of rotatable bonds is 4. The van der Waals surface area contributed by atoms with Crippen molar-refractivity contribution >= 4 is 61.2 Å². The lowest BCUT2D eigenvalue weighted by Crippen LogP contribution is -2.70. The summed E-state index contributed by atoms with van der Waals surface area (Å²) in [5.41, 5.74) is -5.77. The van der Waals surface area contributed by atoms with Crippen molar-refractivity contribution in [1.82, 2.24) is 5.32 Å². The second kappa shape index (κ2) is 7.34. The summed E-state index contributed by atoms with van der Waals surface area (Å²) in [5.74, 6) is -4.74. The third kappa shape index (κ3) is 5.31. The van der Waals surface area contributed by atoms with Gasteiger partial charge in [0.25, 0.3) is 5.91 Å². The number of hydrogen-bond donors (Lipinski definition) is 1. The van der Waals surface area contributed by atoms with Crippen molar-refractivity contribution < 1.29 is 44.1 Å². The zero-order valence-electron chi connectivity index (χ0n) is 11.5. The van der Waals surface area contributed by atoms with E-state index in [-0.39, 0.29) is 3.57 Å². The Morgan fingerprint density at radius 2 is 1.56 bits per heavy atom. The number of amides is 1. The van der Waals surface area contributed by atoms with Crippen LogP contribution >= 0.6 is 45.2 Å². The van der Waals surface area contributed by atoms with Crippen LogP contribution in [-0.4, -0.2) is 42.5 Å². The highest BCUT2D eigenvalue weighted by atomic mass is 127. The van der Waals surface area contributed by atoms with Crippen LogP contribution in [0.5, 0.6) is 0 Å². The highest BCUT2D eigenvalue weighted by Crippen LogP contribution is 2.44. The molecule has 0 aliphatic heterocycles. The fourth-order valence-corrected chi connectivity index (χ4v) is 3.70. The normalized spacial score (nSPS) is 13.6. The molecule has 5 nitrogen and oxygen atoms in total. The summed E-state index contributed by atoms with van der Waals surface area (Å²) < 4.78 is 111. The molecule has 1 amide bonds. The monoisotopic (exact) mass is 616 g/mol. The Morgan fingerprint density at radius 1 is 1.08 bits per heavy atom. The minimum Gasteiger partial charge on any atom is -0.748 e. The van der Waals surface area contributed by atoms with E-state index in [0.717, 1.165) is 6.07 Å². The van der Waals surface area contributed by atoms with E-state index in [2.05, 4.69) is 0 Å². The molecule has 0 heterocycles. The molecule has 1 rings (SSSR count). The number of carbonyl (C=O) groups excluding carboxylic acids is 1. The third-order valence-corrected chi connectivity index (χ3v) is 5.26. The first-order chi connectivity index (χ1) is 11.0. The Labute approximate surface area is 164 Å². The highest BCUT2D eigenvalue weighted by molar-refractivity contribution is 14.1. The van der Waals surface area contributed by atoms with Crippen molar-refractivity contribution in [1.29, 1.82) is 0 Å². The Balaban J connectivity index is 3.53. The molecule has 0 fully saturated rings. The molecule has 0 unspecified atom stereocenters. The van der Waals surface area contributed by atoms with Gasteiger partial charge in [0, 0.05) is 7.14 Å². The van der Waals surface area contributed by atoms with Crippen LogP contribution in [0.2, 0.25) is 0 Å². The number of carbonyl (C=O) groups is 1. The van der Waals surface area contributed by atoms with Gasteiger partial charge in [-0.25, -0.2) is 8.42 Å². The molecule has 0 atom stereocenters. The number of hydrogen-bond acceptors (Lipinski definition) is 4. The van der Waals surface area contributed by atoms with Gasteiger partial charge in [-0.2, -0.15) is 26.3 Å². The zero-order valence-corrected chi connectivity index (χ0v) is 16.6. The maximum absolute atomic E-state index is 13.1. The summed E-state index contributed by atoms with van der Waals surface area (Å²) in [6.07, 6.45) is -12.6. The van der Waals surface area contributed by atoms with Crippen LogP contribution in [0.15, 0.2) is 18.2 Å². The van der Waals surface area contributed by atoms with Gasteiger partial charge < -0.3 is 9.87 Å². The predicted molar refractivity (Wildman–Crippen MR) is 88.7 cm³/mol. The molecule has 0 spiro atoms. The molecule has 0 saturated heterocycles. The number of benzene rings is 1. The van der Waals surface area contributed by atoms with Crippen LogP contribution < -0.4 is 5.32 Å². The first-order valence-electron chi connectivity index (χ1n) is 5.85. The molecule has 0 saturated carbocycles. The summed E-state index contributed by atoms with van der Waals surface area (Å²) in [7, 11) is -6.00. The van der Waals surface area contributed by atoms with E-state index in [1.54, 1.807) is 22.6 Å². The second-order valence-corrected chi connectivity index (χ2v) is 8.49. The van der Waals surface area contributed by atoms with E-state index in [4.69, 9.17) is 0 Å². The average Bonchev–Trinajstić information content (AvgIpc) is 2.36. The average molecular weight is 616 g/mol. The second-order valence-electron chi connectivity index (χ2n) is 4.68. The number of alkyl halides is 6. The first-order valence-corrected chi connectivity index (χ1v) is 9.58. The van der Waals surface area contributed by atoms with Crippen molar-refractivity contribution in [3.8, 4) is 0 Å². The Bertz CT molecular complexity index is 764. The van der Waals surface area contributed by atoms with E-state index in [1.165, 1.54) is 34.7 Å². The minimum absolute atomic E-state index is 0.0266.